The number of nitrogens with one attached hydrogen (secondary N) is 1. The van der Waals surface area contributed by atoms with E-state index in [2.05, 4.69) is 67.6 Å². The summed E-state index contributed by atoms with van der Waals surface area (Å²) in [5, 5.41) is 7.78. The molecule has 3 rings (SSSR count). The molecule has 2 aromatic carbocycles. The van der Waals surface area contributed by atoms with E-state index in [1.807, 2.05) is 16.9 Å². The normalized spacial score (nSPS) is 10.9. The number of hydrogen-bond acceptors (Lipinski definition) is 2. The van der Waals surface area contributed by atoms with Gasteiger partial charge in [-0.2, -0.15) is 5.10 Å². The Morgan fingerprint density at radius 1 is 0.913 bits per heavy atom. The Bertz CT molecular complexity index is 771. The molecule has 0 amide bonds. The van der Waals surface area contributed by atoms with Crippen molar-refractivity contribution in [3.63, 3.8) is 0 Å². The second-order valence-corrected chi connectivity index (χ2v) is 6.08. The smallest absolute Gasteiger partial charge is 0.0645 e. The first-order valence-electron chi connectivity index (χ1n) is 8.00. The van der Waals surface area contributed by atoms with Crippen LogP contribution in [0.25, 0.3) is 5.69 Å². The number of hydrogen-bond donors (Lipinski definition) is 1. The van der Waals surface area contributed by atoms with Crippen molar-refractivity contribution in [3.05, 3.63) is 82.7 Å². The Morgan fingerprint density at radius 2 is 1.65 bits per heavy atom. The summed E-state index contributed by atoms with van der Waals surface area (Å²) < 4.78 is 1.87. The quantitative estimate of drug-likeness (QED) is 0.769. The van der Waals surface area contributed by atoms with Crippen LogP contribution in [0.15, 0.2) is 54.9 Å². The molecule has 1 aromatic heterocycles. The predicted octanol–water partition coefficient (Wildman–Crippen LogP) is 4.09. The Labute approximate surface area is 138 Å². The molecule has 0 atom stereocenters. The van der Waals surface area contributed by atoms with E-state index in [0.29, 0.717) is 0 Å². The topological polar surface area (TPSA) is 29.9 Å². The first-order valence-corrected chi connectivity index (χ1v) is 8.00. The molecule has 1 N–H and O–H groups in total. The summed E-state index contributed by atoms with van der Waals surface area (Å²) in [4.78, 5) is 0. The van der Waals surface area contributed by atoms with E-state index in [9.17, 15) is 0 Å². The fourth-order valence-corrected chi connectivity index (χ4v) is 2.74. The van der Waals surface area contributed by atoms with E-state index in [4.69, 9.17) is 0 Å². The molecule has 0 saturated heterocycles. The average Bonchev–Trinajstić information content (AvgIpc) is 3.07. The molecule has 0 aliphatic rings. The fraction of sp³-hybridized carbons (Fsp3) is 0.250. The largest absolute Gasteiger partial charge is 0.309 e. The molecule has 1 heterocycles. The molecule has 0 unspecified atom stereocenters. The predicted molar refractivity (Wildman–Crippen MR) is 94.8 cm³/mol. The van der Waals surface area contributed by atoms with Gasteiger partial charge in [-0.3, -0.25) is 0 Å². The van der Waals surface area contributed by atoms with E-state index < -0.39 is 0 Å². The molecule has 0 aliphatic carbocycles. The Balaban J connectivity index is 1.60. The van der Waals surface area contributed by atoms with Crippen molar-refractivity contribution in [2.75, 3.05) is 0 Å². The van der Waals surface area contributed by atoms with Gasteiger partial charge in [-0.15, -0.1) is 0 Å². The SMILES string of the molecule is Cc1cc(C)c(CNCc2ccc(-n3cccn3)cc2)cc1C. The van der Waals surface area contributed by atoms with Crippen molar-refractivity contribution >= 4 is 0 Å². The maximum Gasteiger partial charge on any atom is 0.0645 e. The van der Waals surface area contributed by atoms with Gasteiger partial charge in [0.25, 0.3) is 0 Å². The molecule has 0 saturated carbocycles. The van der Waals surface area contributed by atoms with Gasteiger partial charge >= 0.3 is 0 Å². The maximum absolute atomic E-state index is 4.24. The van der Waals surface area contributed by atoms with Crippen LogP contribution in [-0.2, 0) is 13.1 Å². The van der Waals surface area contributed by atoms with Crippen LogP contribution in [0.1, 0.15) is 27.8 Å². The van der Waals surface area contributed by atoms with E-state index in [-0.39, 0.29) is 0 Å². The second kappa shape index (κ2) is 6.80. The van der Waals surface area contributed by atoms with Gasteiger partial charge in [-0.25, -0.2) is 4.68 Å². The Kier molecular flexibility index (Phi) is 4.58. The lowest BCUT2D eigenvalue weighted by molar-refractivity contribution is 0.689. The molecule has 0 fully saturated rings. The van der Waals surface area contributed by atoms with E-state index in [1.165, 1.54) is 27.8 Å². The molecule has 23 heavy (non-hydrogen) atoms. The molecule has 0 spiro atoms. The monoisotopic (exact) mass is 305 g/mol. The minimum Gasteiger partial charge on any atom is -0.309 e. The Hall–Kier alpha value is -2.39. The van der Waals surface area contributed by atoms with Gasteiger partial charge in [0.2, 0.25) is 0 Å². The van der Waals surface area contributed by atoms with Gasteiger partial charge in [0, 0.05) is 25.5 Å². The molecule has 0 bridgehead atoms. The Morgan fingerprint density at radius 3 is 2.35 bits per heavy atom. The molecular weight excluding hydrogens is 282 g/mol. The van der Waals surface area contributed by atoms with Crippen molar-refractivity contribution < 1.29 is 0 Å². The van der Waals surface area contributed by atoms with Gasteiger partial charge < -0.3 is 5.32 Å². The summed E-state index contributed by atoms with van der Waals surface area (Å²) in [6.45, 7) is 8.29. The van der Waals surface area contributed by atoms with E-state index in [1.54, 1.807) is 6.20 Å². The lowest BCUT2D eigenvalue weighted by Gasteiger charge is -2.11. The minimum atomic E-state index is 0.867. The highest BCUT2D eigenvalue weighted by Crippen LogP contribution is 2.15. The summed E-state index contributed by atoms with van der Waals surface area (Å²) in [6, 6.07) is 15.0. The van der Waals surface area contributed by atoms with Crippen molar-refractivity contribution in [1.82, 2.24) is 15.1 Å². The molecule has 3 aromatic rings. The van der Waals surface area contributed by atoms with E-state index in [0.717, 1.165) is 18.8 Å². The van der Waals surface area contributed by atoms with Crippen molar-refractivity contribution in [2.45, 2.75) is 33.9 Å². The third kappa shape index (κ3) is 3.69. The van der Waals surface area contributed by atoms with Crippen LogP contribution >= 0.6 is 0 Å². The van der Waals surface area contributed by atoms with Crippen molar-refractivity contribution in [3.8, 4) is 5.69 Å². The zero-order valence-electron chi connectivity index (χ0n) is 14.0. The van der Waals surface area contributed by atoms with Crippen LogP contribution in [0.4, 0.5) is 0 Å². The third-order valence-electron chi connectivity index (χ3n) is 4.30. The van der Waals surface area contributed by atoms with Crippen LogP contribution in [0.5, 0.6) is 0 Å². The molecule has 118 valence electrons. The van der Waals surface area contributed by atoms with Gasteiger partial charge in [0.05, 0.1) is 5.69 Å². The summed E-state index contributed by atoms with van der Waals surface area (Å²) in [6.07, 6.45) is 3.75. The summed E-state index contributed by atoms with van der Waals surface area (Å²) in [5.41, 5.74) is 7.82. The van der Waals surface area contributed by atoms with Crippen LogP contribution in [0.2, 0.25) is 0 Å². The highest BCUT2D eigenvalue weighted by molar-refractivity contribution is 5.37. The molecular formula is C20H23N3. The number of nitrogens with zero attached hydrogens (tertiary/aromatic N) is 2. The molecule has 3 heteroatoms. The fourth-order valence-electron chi connectivity index (χ4n) is 2.74. The first kappa shape index (κ1) is 15.5. The van der Waals surface area contributed by atoms with Crippen LogP contribution in [-0.4, -0.2) is 9.78 Å². The summed E-state index contributed by atoms with van der Waals surface area (Å²) >= 11 is 0. The molecule has 3 nitrogen and oxygen atoms in total. The van der Waals surface area contributed by atoms with Crippen molar-refractivity contribution in [1.29, 1.82) is 0 Å². The first-order chi connectivity index (χ1) is 11.1. The summed E-state index contributed by atoms with van der Waals surface area (Å²) in [7, 11) is 0. The van der Waals surface area contributed by atoms with Crippen molar-refractivity contribution in [2.24, 2.45) is 0 Å². The molecule has 0 aliphatic heterocycles. The molecule has 0 radical (unpaired) electrons. The van der Waals surface area contributed by atoms with Crippen LogP contribution in [0.3, 0.4) is 0 Å². The lowest BCUT2D eigenvalue weighted by Crippen LogP contribution is -2.14. The van der Waals surface area contributed by atoms with Crippen LogP contribution in [0, 0.1) is 20.8 Å². The number of aromatic nitrogens is 2. The number of aryl methyl sites for hydroxylation is 3. The lowest BCUT2D eigenvalue weighted by atomic mass is 10.0. The standard InChI is InChI=1S/C20H23N3/c1-15-11-17(3)19(12-16(15)2)14-21-13-18-5-7-20(8-6-18)23-10-4-9-22-23/h4-12,21H,13-14H2,1-3H3. The third-order valence-corrected chi connectivity index (χ3v) is 4.30. The van der Waals surface area contributed by atoms with Gasteiger partial charge in [-0.1, -0.05) is 24.3 Å². The highest BCUT2D eigenvalue weighted by Gasteiger charge is 2.02. The van der Waals surface area contributed by atoms with E-state index >= 15 is 0 Å². The van der Waals surface area contributed by atoms with Gasteiger partial charge in [0.1, 0.15) is 0 Å². The summed E-state index contributed by atoms with van der Waals surface area (Å²) in [5.74, 6) is 0. The number of rotatable bonds is 5. The average molecular weight is 305 g/mol. The highest BCUT2D eigenvalue weighted by atomic mass is 15.3. The zero-order valence-corrected chi connectivity index (χ0v) is 14.0. The zero-order chi connectivity index (χ0) is 16.2. The maximum atomic E-state index is 4.24. The van der Waals surface area contributed by atoms with Gasteiger partial charge in [-0.05, 0) is 66.8 Å². The second-order valence-electron chi connectivity index (χ2n) is 6.08. The minimum absolute atomic E-state index is 0.867. The van der Waals surface area contributed by atoms with Gasteiger partial charge in [0.15, 0.2) is 0 Å². The number of benzene rings is 2. The van der Waals surface area contributed by atoms with Crippen LogP contribution < -0.4 is 5.32 Å².